The second-order valence-corrected chi connectivity index (χ2v) is 9.24. The van der Waals surface area contributed by atoms with Crippen LogP contribution in [0.3, 0.4) is 0 Å². The van der Waals surface area contributed by atoms with Crippen LogP contribution in [0.1, 0.15) is 18.4 Å². The Labute approximate surface area is 195 Å². The Bertz CT molecular complexity index is 1260. The maximum Gasteiger partial charge on any atom is 0.419 e. The van der Waals surface area contributed by atoms with E-state index in [0.29, 0.717) is 35.3 Å². The molecule has 1 unspecified atom stereocenters. The molecule has 0 radical (unpaired) electrons. The van der Waals surface area contributed by atoms with Crippen LogP contribution in [-0.4, -0.2) is 47.1 Å². The summed E-state index contributed by atoms with van der Waals surface area (Å²) < 4.78 is 56.6. The first-order valence-corrected chi connectivity index (χ1v) is 11.4. The van der Waals surface area contributed by atoms with E-state index in [0.717, 1.165) is 11.3 Å². The van der Waals surface area contributed by atoms with Gasteiger partial charge in [0.2, 0.25) is 5.54 Å². The number of alkyl halides is 3. The molecule has 0 bridgehead atoms. The van der Waals surface area contributed by atoms with Crippen molar-refractivity contribution in [1.29, 1.82) is 0 Å². The molecule has 12 heteroatoms. The van der Waals surface area contributed by atoms with Crippen LogP contribution in [0.15, 0.2) is 42.5 Å². The predicted octanol–water partition coefficient (Wildman–Crippen LogP) is 4.43. The third-order valence-electron chi connectivity index (χ3n) is 6.13. The van der Waals surface area contributed by atoms with E-state index in [9.17, 15) is 27.2 Å². The van der Waals surface area contributed by atoms with Crippen molar-refractivity contribution in [2.75, 3.05) is 23.7 Å². The van der Waals surface area contributed by atoms with Gasteiger partial charge >= 0.3 is 12.2 Å². The summed E-state index contributed by atoms with van der Waals surface area (Å²) in [6.45, 7) is 0.366. The molecule has 3 N–H and O–H groups in total. The molecule has 178 valence electrons. The maximum atomic E-state index is 14.4. The quantitative estimate of drug-likeness (QED) is 0.471. The zero-order valence-corrected chi connectivity index (χ0v) is 18.4. The lowest BCUT2D eigenvalue weighted by atomic mass is 9.84. The second kappa shape index (κ2) is 8.20. The number of rotatable bonds is 3. The fourth-order valence-corrected chi connectivity index (χ4v) is 5.39. The van der Waals surface area contributed by atoms with Gasteiger partial charge < -0.3 is 10.2 Å². The van der Waals surface area contributed by atoms with Gasteiger partial charge in [0.1, 0.15) is 5.82 Å². The minimum Gasteiger partial charge on any atom is -0.336 e. The number of hydrogen-bond acceptors (Lipinski definition) is 5. The highest BCUT2D eigenvalue weighted by atomic mass is 32.1. The number of nitrogens with zero attached hydrogens (tertiary/aromatic N) is 2. The van der Waals surface area contributed by atoms with E-state index in [1.807, 2.05) is 0 Å². The Kier molecular flexibility index (Phi) is 5.44. The summed E-state index contributed by atoms with van der Waals surface area (Å²) in [6, 6.07) is 8.23. The highest BCUT2D eigenvalue weighted by Crippen LogP contribution is 2.45. The third-order valence-corrected chi connectivity index (χ3v) is 7.06. The number of benzene rings is 2. The standard InChI is InChI=1S/C22H19F4N5O2S/c23-13-4-6-14(7-5-13)28-19(33)30-20-29-16-8-3-12(10-17(16)34-20)21(22(24,25)26)18(32)31-9-1-2-15(31)11-27-21/h3-8,10,15,27H,1-2,9,11H2,(H2,28,29,30,33)/t15-,21?/m0/s1. The lowest BCUT2D eigenvalue weighted by molar-refractivity contribution is -0.215. The zero-order chi connectivity index (χ0) is 24.1. The summed E-state index contributed by atoms with van der Waals surface area (Å²) >= 11 is 0.984. The topological polar surface area (TPSA) is 86.4 Å². The van der Waals surface area contributed by atoms with Crippen LogP contribution in [0.25, 0.3) is 10.2 Å². The van der Waals surface area contributed by atoms with Crippen molar-refractivity contribution >= 4 is 44.3 Å². The molecule has 3 amide bonds. The molecule has 3 heterocycles. The van der Waals surface area contributed by atoms with Crippen LogP contribution >= 0.6 is 11.3 Å². The number of halogens is 4. The largest absolute Gasteiger partial charge is 0.419 e. The molecule has 1 aromatic heterocycles. The molecule has 2 saturated heterocycles. The minimum absolute atomic E-state index is 0.0579. The summed E-state index contributed by atoms with van der Waals surface area (Å²) in [5.74, 6) is -1.44. The molecule has 2 aliphatic heterocycles. The second-order valence-electron chi connectivity index (χ2n) is 8.21. The van der Waals surface area contributed by atoms with Crippen molar-refractivity contribution in [3.8, 4) is 0 Å². The smallest absolute Gasteiger partial charge is 0.336 e. The number of aromatic nitrogens is 1. The maximum absolute atomic E-state index is 14.4. The molecule has 0 saturated carbocycles. The normalized spacial score (nSPS) is 22.6. The van der Waals surface area contributed by atoms with Crippen molar-refractivity contribution in [1.82, 2.24) is 15.2 Å². The fourth-order valence-electron chi connectivity index (χ4n) is 4.49. The number of piperazine rings is 1. The number of anilines is 2. The van der Waals surface area contributed by atoms with Gasteiger partial charge in [-0.05, 0) is 54.8 Å². The Hall–Kier alpha value is -3.25. The Morgan fingerprint density at radius 2 is 1.94 bits per heavy atom. The average molecular weight is 493 g/mol. The SMILES string of the molecule is O=C(Nc1ccc(F)cc1)Nc1nc2ccc(C3(C(F)(F)F)NC[C@@H]4CCCN4C3=O)cc2s1. The summed E-state index contributed by atoms with van der Waals surface area (Å²) in [5.41, 5.74) is -2.31. The molecule has 0 aliphatic carbocycles. The number of amides is 3. The number of urea groups is 1. The lowest BCUT2D eigenvalue weighted by Gasteiger charge is -2.45. The number of carbonyl (C=O) groups excluding carboxylic acids is 2. The van der Waals surface area contributed by atoms with Crippen molar-refractivity contribution < 1.29 is 27.2 Å². The molecule has 2 aromatic carbocycles. The third kappa shape index (κ3) is 3.76. The highest BCUT2D eigenvalue weighted by Gasteiger charge is 2.65. The van der Waals surface area contributed by atoms with E-state index >= 15 is 0 Å². The van der Waals surface area contributed by atoms with Gasteiger partial charge in [0.05, 0.1) is 10.2 Å². The van der Waals surface area contributed by atoms with Crippen LogP contribution in [-0.2, 0) is 10.3 Å². The van der Waals surface area contributed by atoms with Gasteiger partial charge in [-0.25, -0.2) is 14.2 Å². The van der Waals surface area contributed by atoms with Crippen molar-refractivity contribution in [2.45, 2.75) is 30.6 Å². The van der Waals surface area contributed by atoms with E-state index in [4.69, 9.17) is 0 Å². The molecule has 34 heavy (non-hydrogen) atoms. The first-order valence-electron chi connectivity index (χ1n) is 10.5. The molecule has 3 aromatic rings. The van der Waals surface area contributed by atoms with Gasteiger partial charge in [-0.15, -0.1) is 0 Å². The van der Waals surface area contributed by atoms with Gasteiger partial charge in [0.15, 0.2) is 5.13 Å². The van der Waals surface area contributed by atoms with Crippen molar-refractivity contribution in [2.24, 2.45) is 0 Å². The van der Waals surface area contributed by atoms with Gasteiger partial charge in [-0.1, -0.05) is 17.4 Å². The summed E-state index contributed by atoms with van der Waals surface area (Å²) in [6.07, 6.45) is -3.50. The number of fused-ring (bicyclic) bond motifs is 2. The number of nitrogens with one attached hydrogen (secondary N) is 3. The first kappa shape index (κ1) is 22.5. The van der Waals surface area contributed by atoms with E-state index < -0.39 is 29.5 Å². The zero-order valence-electron chi connectivity index (χ0n) is 17.6. The van der Waals surface area contributed by atoms with Crippen LogP contribution in [0.2, 0.25) is 0 Å². The Morgan fingerprint density at radius 1 is 1.18 bits per heavy atom. The average Bonchev–Trinajstić information content (AvgIpc) is 3.41. The first-order chi connectivity index (χ1) is 16.2. The van der Waals surface area contributed by atoms with Gasteiger partial charge in [-0.2, -0.15) is 13.2 Å². The van der Waals surface area contributed by atoms with E-state index in [1.165, 1.54) is 47.4 Å². The van der Waals surface area contributed by atoms with E-state index in [1.54, 1.807) is 0 Å². The molecular weight excluding hydrogens is 474 g/mol. The molecular formula is C22H19F4N5O2S. The minimum atomic E-state index is -4.86. The number of thiazole rings is 1. The fraction of sp³-hybridized carbons (Fsp3) is 0.318. The van der Waals surface area contributed by atoms with Gasteiger partial charge in [0.25, 0.3) is 5.91 Å². The van der Waals surface area contributed by atoms with Crippen molar-refractivity contribution in [3.05, 3.63) is 53.8 Å². The predicted molar refractivity (Wildman–Crippen MR) is 119 cm³/mol. The van der Waals surface area contributed by atoms with Gasteiger partial charge in [-0.3, -0.25) is 15.4 Å². The molecule has 2 fully saturated rings. The van der Waals surface area contributed by atoms with E-state index in [2.05, 4.69) is 20.9 Å². The molecule has 2 aliphatic rings. The lowest BCUT2D eigenvalue weighted by Crippen LogP contribution is -2.70. The van der Waals surface area contributed by atoms with Crippen LogP contribution in [0, 0.1) is 5.82 Å². The van der Waals surface area contributed by atoms with Gasteiger partial charge in [0, 0.05) is 24.8 Å². The highest BCUT2D eigenvalue weighted by molar-refractivity contribution is 7.22. The van der Waals surface area contributed by atoms with Crippen LogP contribution in [0.4, 0.5) is 33.2 Å². The summed E-state index contributed by atoms with van der Waals surface area (Å²) in [7, 11) is 0. The Morgan fingerprint density at radius 3 is 2.68 bits per heavy atom. The number of carbonyl (C=O) groups is 2. The summed E-state index contributed by atoms with van der Waals surface area (Å²) in [4.78, 5) is 30.9. The molecule has 2 atom stereocenters. The summed E-state index contributed by atoms with van der Waals surface area (Å²) in [5, 5.41) is 7.71. The van der Waals surface area contributed by atoms with E-state index in [-0.39, 0.29) is 23.3 Å². The molecule has 7 nitrogen and oxygen atoms in total. The molecule has 5 rings (SSSR count). The molecule has 0 spiro atoms. The van der Waals surface area contributed by atoms with Crippen LogP contribution in [0.5, 0.6) is 0 Å². The number of hydrogen-bond donors (Lipinski definition) is 3. The monoisotopic (exact) mass is 493 g/mol. The van der Waals surface area contributed by atoms with Crippen molar-refractivity contribution in [3.63, 3.8) is 0 Å². The Balaban J connectivity index is 1.42. The van der Waals surface area contributed by atoms with Crippen LogP contribution < -0.4 is 16.0 Å².